The summed E-state index contributed by atoms with van der Waals surface area (Å²) in [4.78, 5) is 5.11. The number of hydrogen-bond acceptors (Lipinski definition) is 2. The summed E-state index contributed by atoms with van der Waals surface area (Å²) in [6.07, 6.45) is 2.03. The van der Waals surface area contributed by atoms with Gasteiger partial charge in [-0.3, -0.25) is 0 Å². The van der Waals surface area contributed by atoms with Crippen LogP contribution in [0.3, 0.4) is 0 Å². The van der Waals surface area contributed by atoms with E-state index in [0.717, 1.165) is 24.2 Å². The van der Waals surface area contributed by atoms with Gasteiger partial charge in [-0.2, -0.15) is 0 Å². The van der Waals surface area contributed by atoms with E-state index in [2.05, 4.69) is 196 Å². The Morgan fingerprint density at radius 1 is 0.460 bits per heavy atom. The van der Waals surface area contributed by atoms with Gasteiger partial charge in [0.05, 0.1) is 5.69 Å². The van der Waals surface area contributed by atoms with E-state index in [1.54, 1.807) is 0 Å². The zero-order valence-corrected chi connectivity index (χ0v) is 29.8. The predicted octanol–water partition coefficient (Wildman–Crippen LogP) is 13.4. The van der Waals surface area contributed by atoms with Crippen molar-refractivity contribution >= 4 is 28.8 Å². The standard InChI is InChI=1S/C48H41NS/c1-4-34-17-9-16-26-46(34)50-47-32-29-37(33-35(47)5-2)36-27-30-39(31-28-36)49(38-18-7-6-8-19-38)45-25-15-14-24-44(45)48(3)42-22-12-10-20-40(42)41-21-11-13-23-43(41)48/h6-33H,4-5H2,1-3H3. The Labute approximate surface area is 301 Å². The number of benzene rings is 7. The van der Waals surface area contributed by atoms with Crippen LogP contribution in [0.2, 0.25) is 0 Å². The highest BCUT2D eigenvalue weighted by Crippen LogP contribution is 2.55. The minimum Gasteiger partial charge on any atom is -0.310 e. The van der Waals surface area contributed by atoms with Crippen LogP contribution in [0, 0.1) is 0 Å². The Bertz CT molecular complexity index is 2240. The van der Waals surface area contributed by atoms with Gasteiger partial charge >= 0.3 is 0 Å². The van der Waals surface area contributed by atoms with Gasteiger partial charge in [0, 0.05) is 26.6 Å². The van der Waals surface area contributed by atoms with E-state index >= 15 is 0 Å². The third kappa shape index (κ3) is 5.54. The third-order valence-corrected chi connectivity index (χ3v) is 11.6. The van der Waals surface area contributed by atoms with Crippen molar-refractivity contribution in [3.8, 4) is 22.3 Å². The molecule has 0 unspecified atom stereocenters. The van der Waals surface area contributed by atoms with Crippen molar-refractivity contribution in [3.63, 3.8) is 0 Å². The quantitative estimate of drug-likeness (QED) is 0.151. The summed E-state index contributed by atoms with van der Waals surface area (Å²) in [7, 11) is 0. The molecule has 0 aliphatic heterocycles. The first-order chi connectivity index (χ1) is 24.6. The maximum absolute atomic E-state index is 2.43. The van der Waals surface area contributed by atoms with Crippen LogP contribution in [0.5, 0.6) is 0 Å². The molecule has 0 saturated heterocycles. The summed E-state index contributed by atoms with van der Waals surface area (Å²) < 4.78 is 0. The van der Waals surface area contributed by atoms with Crippen LogP contribution in [0.25, 0.3) is 22.3 Å². The molecule has 0 bridgehead atoms. The van der Waals surface area contributed by atoms with Crippen molar-refractivity contribution < 1.29 is 0 Å². The molecule has 0 heterocycles. The number of anilines is 3. The first-order valence-electron chi connectivity index (χ1n) is 17.7. The van der Waals surface area contributed by atoms with Crippen molar-refractivity contribution in [1.82, 2.24) is 0 Å². The molecule has 0 spiro atoms. The summed E-state index contributed by atoms with van der Waals surface area (Å²) >= 11 is 1.89. The van der Waals surface area contributed by atoms with Gasteiger partial charge in [-0.1, -0.05) is 153 Å². The molecule has 7 aromatic rings. The molecule has 1 aliphatic rings. The van der Waals surface area contributed by atoms with Gasteiger partial charge in [0.1, 0.15) is 0 Å². The smallest absolute Gasteiger partial charge is 0.0506 e. The number of nitrogens with zero attached hydrogens (tertiary/aromatic N) is 1. The molecule has 1 nitrogen and oxygen atoms in total. The number of fused-ring (bicyclic) bond motifs is 3. The fourth-order valence-corrected chi connectivity index (χ4v) is 8.99. The lowest BCUT2D eigenvalue weighted by Gasteiger charge is -2.35. The van der Waals surface area contributed by atoms with Crippen molar-refractivity contribution in [2.24, 2.45) is 0 Å². The second-order valence-electron chi connectivity index (χ2n) is 13.2. The molecular weight excluding hydrogens is 623 g/mol. The van der Waals surface area contributed by atoms with Crippen molar-refractivity contribution in [1.29, 1.82) is 0 Å². The SMILES string of the molecule is CCc1ccccc1Sc1ccc(-c2ccc(N(c3ccccc3)c3ccccc3C3(C)c4ccccc4-c4ccccc43)cc2)cc1CC. The Hall–Kier alpha value is -5.31. The van der Waals surface area contributed by atoms with Gasteiger partial charge in [0.15, 0.2) is 0 Å². The molecule has 1 aliphatic carbocycles. The van der Waals surface area contributed by atoms with Gasteiger partial charge in [-0.15, -0.1) is 0 Å². The highest BCUT2D eigenvalue weighted by atomic mass is 32.2. The third-order valence-electron chi connectivity index (χ3n) is 10.4. The fourth-order valence-electron chi connectivity index (χ4n) is 7.79. The van der Waals surface area contributed by atoms with Gasteiger partial charge in [-0.05, 0) is 112 Å². The molecular formula is C48H41NS. The number of para-hydroxylation sites is 2. The van der Waals surface area contributed by atoms with Crippen LogP contribution >= 0.6 is 11.8 Å². The summed E-state index contributed by atoms with van der Waals surface area (Å²) in [6, 6.07) is 62.5. The molecule has 50 heavy (non-hydrogen) atoms. The van der Waals surface area contributed by atoms with Gasteiger partial charge < -0.3 is 4.90 Å². The van der Waals surface area contributed by atoms with E-state index in [-0.39, 0.29) is 5.41 Å². The zero-order chi connectivity index (χ0) is 34.1. The van der Waals surface area contributed by atoms with Crippen LogP contribution in [0.15, 0.2) is 180 Å². The lowest BCUT2D eigenvalue weighted by Crippen LogP contribution is -2.25. The van der Waals surface area contributed by atoms with Crippen molar-refractivity contribution in [3.05, 3.63) is 198 Å². The van der Waals surface area contributed by atoms with Gasteiger partial charge in [0.2, 0.25) is 0 Å². The molecule has 0 saturated carbocycles. The van der Waals surface area contributed by atoms with Crippen LogP contribution in [-0.4, -0.2) is 0 Å². The average molecular weight is 664 g/mol. The maximum atomic E-state index is 2.43. The fraction of sp³-hybridized carbons (Fsp3) is 0.125. The minimum atomic E-state index is -0.315. The topological polar surface area (TPSA) is 3.24 Å². The van der Waals surface area contributed by atoms with Crippen LogP contribution < -0.4 is 4.90 Å². The van der Waals surface area contributed by atoms with E-state index in [1.165, 1.54) is 65.5 Å². The molecule has 2 heteroatoms. The summed E-state index contributed by atoms with van der Waals surface area (Å²) in [5.74, 6) is 0. The number of aryl methyl sites for hydroxylation is 2. The molecule has 0 N–H and O–H groups in total. The largest absolute Gasteiger partial charge is 0.310 e. The highest BCUT2D eigenvalue weighted by molar-refractivity contribution is 7.99. The first-order valence-corrected chi connectivity index (χ1v) is 18.5. The first kappa shape index (κ1) is 31.9. The second kappa shape index (κ2) is 13.5. The molecule has 8 rings (SSSR count). The molecule has 0 atom stereocenters. The number of hydrogen-bond donors (Lipinski definition) is 0. The number of rotatable bonds is 9. The molecule has 7 aromatic carbocycles. The lowest BCUT2D eigenvalue weighted by molar-refractivity contribution is 0.714. The molecule has 244 valence electrons. The summed E-state index contributed by atoms with van der Waals surface area (Å²) in [5, 5.41) is 0. The lowest BCUT2D eigenvalue weighted by atomic mass is 9.73. The zero-order valence-electron chi connectivity index (χ0n) is 28.9. The van der Waals surface area contributed by atoms with E-state index in [0.29, 0.717) is 0 Å². The normalized spacial score (nSPS) is 12.7. The minimum absolute atomic E-state index is 0.315. The molecule has 0 aromatic heterocycles. The van der Waals surface area contributed by atoms with Crippen molar-refractivity contribution in [2.75, 3.05) is 4.90 Å². The Kier molecular flexibility index (Phi) is 8.64. The van der Waals surface area contributed by atoms with Gasteiger partial charge in [0.25, 0.3) is 0 Å². The van der Waals surface area contributed by atoms with E-state index in [9.17, 15) is 0 Å². The van der Waals surface area contributed by atoms with E-state index < -0.39 is 0 Å². The van der Waals surface area contributed by atoms with E-state index in [4.69, 9.17) is 0 Å². The molecule has 0 radical (unpaired) electrons. The predicted molar refractivity (Wildman–Crippen MR) is 213 cm³/mol. The van der Waals surface area contributed by atoms with Gasteiger partial charge in [-0.25, -0.2) is 0 Å². The maximum Gasteiger partial charge on any atom is 0.0506 e. The Balaban J connectivity index is 1.20. The monoisotopic (exact) mass is 663 g/mol. The van der Waals surface area contributed by atoms with Crippen LogP contribution in [0.4, 0.5) is 17.1 Å². The van der Waals surface area contributed by atoms with Crippen LogP contribution in [-0.2, 0) is 18.3 Å². The Morgan fingerprint density at radius 2 is 0.980 bits per heavy atom. The summed E-state index contributed by atoms with van der Waals surface area (Å²) in [6.45, 7) is 6.89. The average Bonchev–Trinajstić information content (AvgIpc) is 3.45. The second-order valence-corrected chi connectivity index (χ2v) is 14.3. The van der Waals surface area contributed by atoms with E-state index in [1.807, 2.05) is 11.8 Å². The summed E-state index contributed by atoms with van der Waals surface area (Å²) in [5.41, 5.74) is 15.0. The molecule has 0 fully saturated rings. The van der Waals surface area contributed by atoms with Crippen LogP contribution in [0.1, 0.15) is 48.6 Å². The molecule has 0 amide bonds. The van der Waals surface area contributed by atoms with Crippen molar-refractivity contribution in [2.45, 2.75) is 48.8 Å². The highest BCUT2D eigenvalue weighted by Gasteiger charge is 2.42. The Morgan fingerprint density at radius 3 is 1.66 bits per heavy atom.